The topological polar surface area (TPSA) is 55.8 Å². The highest BCUT2D eigenvalue weighted by molar-refractivity contribution is 6.30. The second-order valence-electron chi connectivity index (χ2n) is 6.44. The van der Waals surface area contributed by atoms with Gasteiger partial charge in [0.05, 0.1) is 12.1 Å². The van der Waals surface area contributed by atoms with E-state index >= 15 is 0 Å². The van der Waals surface area contributed by atoms with Crippen LogP contribution in [0.5, 0.6) is 0 Å². The summed E-state index contributed by atoms with van der Waals surface area (Å²) in [6.07, 6.45) is 0.135. The number of amides is 1. The summed E-state index contributed by atoms with van der Waals surface area (Å²) in [7, 11) is 0. The lowest BCUT2D eigenvalue weighted by atomic mass is 10.1. The zero-order valence-corrected chi connectivity index (χ0v) is 14.2. The first kappa shape index (κ1) is 16.7. The number of carbonyl (C=O) groups is 1. The van der Waals surface area contributed by atoms with Gasteiger partial charge in [-0.1, -0.05) is 23.7 Å². The molecular weight excluding hydrogens is 314 g/mol. The average molecular weight is 338 g/mol. The Bertz CT molecular complexity index is 543. The van der Waals surface area contributed by atoms with Gasteiger partial charge in [0.25, 0.3) is 0 Å². The Balaban J connectivity index is 1.53. The lowest BCUT2D eigenvalue weighted by Crippen LogP contribution is -2.53. The Hall–Kier alpha value is -1.14. The van der Waals surface area contributed by atoms with Crippen molar-refractivity contribution in [1.82, 2.24) is 15.1 Å². The van der Waals surface area contributed by atoms with Gasteiger partial charge in [-0.3, -0.25) is 9.69 Å². The van der Waals surface area contributed by atoms with E-state index in [1.54, 1.807) is 0 Å². The van der Waals surface area contributed by atoms with E-state index in [1.165, 1.54) is 5.56 Å². The predicted octanol–water partition coefficient (Wildman–Crippen LogP) is 1.27. The summed E-state index contributed by atoms with van der Waals surface area (Å²) in [5.74, 6) is 0.125. The van der Waals surface area contributed by atoms with E-state index in [4.69, 9.17) is 11.6 Å². The van der Waals surface area contributed by atoms with Crippen LogP contribution in [-0.2, 0) is 4.79 Å². The molecule has 0 aliphatic carbocycles. The van der Waals surface area contributed by atoms with Crippen LogP contribution in [0.15, 0.2) is 24.3 Å². The third-order valence-corrected chi connectivity index (χ3v) is 5.18. The molecule has 0 spiro atoms. The quantitative estimate of drug-likeness (QED) is 0.872. The first-order chi connectivity index (χ1) is 11.0. The third kappa shape index (κ3) is 3.86. The highest BCUT2D eigenvalue weighted by Crippen LogP contribution is 2.23. The van der Waals surface area contributed by atoms with Crippen LogP contribution in [0.4, 0.5) is 0 Å². The van der Waals surface area contributed by atoms with Gasteiger partial charge in [-0.05, 0) is 31.0 Å². The Morgan fingerprint density at radius 1 is 1.26 bits per heavy atom. The summed E-state index contributed by atoms with van der Waals surface area (Å²) in [5.41, 5.74) is 1.25. The highest BCUT2D eigenvalue weighted by Gasteiger charge is 2.33. The van der Waals surface area contributed by atoms with Gasteiger partial charge < -0.3 is 15.3 Å². The van der Waals surface area contributed by atoms with Gasteiger partial charge in [0.1, 0.15) is 0 Å². The largest absolute Gasteiger partial charge is 0.392 e. The number of nitrogens with one attached hydrogen (secondary N) is 1. The number of hydrogen-bond donors (Lipinski definition) is 2. The second-order valence-corrected chi connectivity index (χ2v) is 6.88. The molecule has 3 atom stereocenters. The van der Waals surface area contributed by atoms with E-state index in [1.807, 2.05) is 17.0 Å². The van der Waals surface area contributed by atoms with Gasteiger partial charge in [0, 0.05) is 43.8 Å². The molecule has 1 aromatic rings. The minimum Gasteiger partial charge on any atom is -0.392 e. The molecule has 2 saturated heterocycles. The van der Waals surface area contributed by atoms with E-state index in [0.717, 1.165) is 31.2 Å². The number of carbonyl (C=O) groups excluding carboxylic acids is 1. The van der Waals surface area contributed by atoms with Crippen molar-refractivity contribution in [2.75, 3.05) is 32.7 Å². The van der Waals surface area contributed by atoms with Crippen molar-refractivity contribution in [2.45, 2.75) is 31.5 Å². The number of nitrogens with zero attached hydrogens (tertiary/aromatic N) is 2. The Morgan fingerprint density at radius 3 is 2.48 bits per heavy atom. The van der Waals surface area contributed by atoms with Gasteiger partial charge in [-0.15, -0.1) is 0 Å². The van der Waals surface area contributed by atoms with Crippen molar-refractivity contribution in [1.29, 1.82) is 0 Å². The lowest BCUT2D eigenvalue weighted by molar-refractivity contribution is -0.135. The number of hydrogen-bond acceptors (Lipinski definition) is 4. The average Bonchev–Trinajstić information content (AvgIpc) is 3.01. The molecule has 1 amide bonds. The second kappa shape index (κ2) is 7.18. The third-order valence-electron chi connectivity index (χ3n) is 4.93. The Morgan fingerprint density at radius 2 is 1.91 bits per heavy atom. The molecule has 3 unspecified atom stereocenters. The van der Waals surface area contributed by atoms with E-state index in [2.05, 4.69) is 29.3 Å². The van der Waals surface area contributed by atoms with Gasteiger partial charge >= 0.3 is 0 Å². The number of aliphatic hydroxyl groups is 1. The molecule has 2 aliphatic rings. The molecule has 23 heavy (non-hydrogen) atoms. The van der Waals surface area contributed by atoms with Crippen LogP contribution in [0.2, 0.25) is 5.02 Å². The van der Waals surface area contributed by atoms with Crippen molar-refractivity contribution >= 4 is 17.5 Å². The van der Waals surface area contributed by atoms with E-state index in [-0.39, 0.29) is 11.9 Å². The van der Waals surface area contributed by atoms with Crippen LogP contribution in [0.25, 0.3) is 0 Å². The molecule has 0 aromatic heterocycles. The molecule has 2 aliphatic heterocycles. The molecule has 2 fully saturated rings. The van der Waals surface area contributed by atoms with Crippen molar-refractivity contribution < 1.29 is 9.90 Å². The highest BCUT2D eigenvalue weighted by atomic mass is 35.5. The fourth-order valence-corrected chi connectivity index (χ4v) is 3.53. The van der Waals surface area contributed by atoms with Crippen LogP contribution in [-0.4, -0.2) is 65.7 Å². The van der Waals surface area contributed by atoms with Gasteiger partial charge in [0.2, 0.25) is 5.91 Å². The van der Waals surface area contributed by atoms with Crippen LogP contribution in [0.1, 0.15) is 24.9 Å². The summed E-state index contributed by atoms with van der Waals surface area (Å²) in [6, 6.07) is 8.07. The first-order valence-corrected chi connectivity index (χ1v) is 8.62. The van der Waals surface area contributed by atoms with Crippen molar-refractivity contribution in [3.05, 3.63) is 34.9 Å². The summed E-state index contributed by atoms with van der Waals surface area (Å²) < 4.78 is 0. The van der Waals surface area contributed by atoms with Crippen LogP contribution in [0, 0.1) is 0 Å². The lowest BCUT2D eigenvalue weighted by Gasteiger charge is -2.39. The van der Waals surface area contributed by atoms with Crippen molar-refractivity contribution in [2.24, 2.45) is 0 Å². The van der Waals surface area contributed by atoms with Gasteiger partial charge in [-0.25, -0.2) is 0 Å². The minimum atomic E-state index is -0.393. The molecule has 5 nitrogen and oxygen atoms in total. The molecule has 1 aromatic carbocycles. The van der Waals surface area contributed by atoms with Crippen LogP contribution in [0.3, 0.4) is 0 Å². The molecule has 6 heteroatoms. The van der Waals surface area contributed by atoms with Crippen LogP contribution < -0.4 is 5.32 Å². The summed E-state index contributed by atoms with van der Waals surface area (Å²) in [6.45, 7) is 5.92. The zero-order chi connectivity index (χ0) is 16.4. The number of rotatable bonds is 3. The smallest absolute Gasteiger partial charge is 0.239 e. The summed E-state index contributed by atoms with van der Waals surface area (Å²) in [4.78, 5) is 16.8. The molecule has 0 saturated carbocycles. The minimum absolute atomic E-state index is 0.125. The summed E-state index contributed by atoms with van der Waals surface area (Å²) in [5, 5.41) is 13.4. The fraction of sp³-hybridized carbons (Fsp3) is 0.588. The maximum Gasteiger partial charge on any atom is 0.239 e. The van der Waals surface area contributed by atoms with Gasteiger partial charge in [-0.2, -0.15) is 0 Å². The number of halogens is 1. The Kier molecular flexibility index (Phi) is 5.21. The zero-order valence-electron chi connectivity index (χ0n) is 13.4. The first-order valence-electron chi connectivity index (χ1n) is 8.24. The number of benzene rings is 1. The molecular formula is C17H24ClN3O2. The Labute approximate surface area is 142 Å². The van der Waals surface area contributed by atoms with E-state index in [9.17, 15) is 9.90 Å². The molecule has 2 N–H and O–H groups in total. The molecule has 2 heterocycles. The van der Waals surface area contributed by atoms with E-state index in [0.29, 0.717) is 19.0 Å². The normalized spacial score (nSPS) is 27.2. The maximum absolute atomic E-state index is 12.4. The molecule has 3 rings (SSSR count). The van der Waals surface area contributed by atoms with Crippen molar-refractivity contribution in [3.63, 3.8) is 0 Å². The monoisotopic (exact) mass is 337 g/mol. The van der Waals surface area contributed by atoms with Crippen molar-refractivity contribution in [3.8, 4) is 0 Å². The number of piperazine rings is 1. The fourth-order valence-electron chi connectivity index (χ4n) is 3.41. The maximum atomic E-state index is 12.4. The molecule has 0 radical (unpaired) electrons. The molecule has 126 valence electrons. The van der Waals surface area contributed by atoms with Gasteiger partial charge in [0.15, 0.2) is 0 Å². The number of aliphatic hydroxyl groups excluding tert-OH is 1. The van der Waals surface area contributed by atoms with Crippen LogP contribution >= 0.6 is 11.6 Å². The number of β-amino-alcohol motifs (C(OH)–C–C–N with tert-alkyl or cyclic N) is 1. The predicted molar refractivity (Wildman–Crippen MR) is 90.4 cm³/mol. The standard InChI is InChI=1S/C17H24ClN3O2/c1-12(13-2-4-14(18)5-3-13)20-6-8-21(9-7-20)17(23)16-10-15(22)11-19-16/h2-5,12,15-16,19,22H,6-11H2,1H3. The van der Waals surface area contributed by atoms with E-state index < -0.39 is 6.10 Å². The SMILES string of the molecule is CC(c1ccc(Cl)cc1)N1CCN(C(=O)C2CC(O)CN2)CC1. The summed E-state index contributed by atoms with van der Waals surface area (Å²) >= 11 is 5.95. The molecule has 0 bridgehead atoms.